The highest BCUT2D eigenvalue weighted by molar-refractivity contribution is 5.87. The summed E-state index contributed by atoms with van der Waals surface area (Å²) in [7, 11) is 0. The molecule has 2 rings (SSSR count). The van der Waals surface area contributed by atoms with Gasteiger partial charge in [-0.3, -0.25) is 0 Å². The van der Waals surface area contributed by atoms with Crippen LogP contribution < -0.4 is 5.32 Å². The van der Waals surface area contributed by atoms with Crippen LogP contribution >= 0.6 is 0 Å². The summed E-state index contributed by atoms with van der Waals surface area (Å²) in [6, 6.07) is 9.82. The van der Waals surface area contributed by atoms with Crippen LogP contribution in [0.2, 0.25) is 0 Å². The number of benzene rings is 1. The molecule has 1 N–H and O–H groups in total. The maximum Gasteiger partial charge on any atom is 0.331 e. The molecule has 0 radical (unpaired) electrons. The van der Waals surface area contributed by atoms with E-state index in [0.29, 0.717) is 0 Å². The van der Waals surface area contributed by atoms with Crippen LogP contribution in [0, 0.1) is 5.92 Å². The van der Waals surface area contributed by atoms with Gasteiger partial charge in [0.05, 0.1) is 0 Å². The summed E-state index contributed by atoms with van der Waals surface area (Å²) in [5, 5.41) is 3.81. The molecule has 1 aromatic carbocycles. The Balaban J connectivity index is 2.09. The summed E-state index contributed by atoms with van der Waals surface area (Å²) in [4.78, 5) is 12.3. The van der Waals surface area contributed by atoms with Crippen molar-refractivity contribution in [3.8, 4) is 0 Å². The Bertz CT molecular complexity index is 583. The van der Waals surface area contributed by atoms with Crippen LogP contribution in [0.5, 0.6) is 0 Å². The van der Waals surface area contributed by atoms with Gasteiger partial charge in [-0.1, -0.05) is 51.1 Å². The topological polar surface area (TPSA) is 38.3 Å². The minimum Gasteiger partial charge on any atom is -0.459 e. The van der Waals surface area contributed by atoms with Crippen LogP contribution in [-0.2, 0) is 9.53 Å². The van der Waals surface area contributed by atoms with Gasteiger partial charge >= 0.3 is 5.97 Å². The molecule has 0 bridgehead atoms. The van der Waals surface area contributed by atoms with Gasteiger partial charge in [-0.15, -0.1) is 0 Å². The lowest BCUT2D eigenvalue weighted by molar-refractivity contribution is -0.152. The number of ether oxygens (including phenoxy) is 1. The largest absolute Gasteiger partial charge is 0.459 e. The lowest BCUT2D eigenvalue weighted by atomic mass is 9.70. The van der Waals surface area contributed by atoms with Crippen molar-refractivity contribution in [3.05, 3.63) is 42.0 Å². The van der Waals surface area contributed by atoms with E-state index in [1.54, 1.807) is 0 Å². The highest BCUT2D eigenvalue weighted by atomic mass is 16.5. The normalized spacial score (nSPS) is 33.5. The van der Waals surface area contributed by atoms with Crippen molar-refractivity contribution in [1.29, 1.82) is 0 Å². The molecule has 0 saturated carbocycles. The van der Waals surface area contributed by atoms with E-state index in [1.165, 1.54) is 6.08 Å². The van der Waals surface area contributed by atoms with Crippen LogP contribution in [0.3, 0.4) is 0 Å². The maximum atomic E-state index is 12.3. The minimum absolute atomic E-state index is 0.00532. The van der Waals surface area contributed by atoms with Gasteiger partial charge in [-0.25, -0.2) is 4.79 Å². The molecular weight excluding hydrogens is 298 g/mol. The smallest absolute Gasteiger partial charge is 0.331 e. The highest BCUT2D eigenvalue weighted by Gasteiger charge is 2.47. The van der Waals surface area contributed by atoms with Crippen molar-refractivity contribution in [2.45, 2.75) is 71.1 Å². The molecule has 3 nitrogen and oxygen atoms in total. The lowest BCUT2D eigenvalue weighted by Gasteiger charge is -2.52. The van der Waals surface area contributed by atoms with Gasteiger partial charge < -0.3 is 10.1 Å². The third kappa shape index (κ3) is 4.27. The number of hydrogen-bond donors (Lipinski definition) is 1. The van der Waals surface area contributed by atoms with Gasteiger partial charge in [-0.2, -0.15) is 0 Å². The Kier molecular flexibility index (Phi) is 5.87. The van der Waals surface area contributed by atoms with Crippen molar-refractivity contribution in [2.75, 3.05) is 0 Å². The summed E-state index contributed by atoms with van der Waals surface area (Å²) < 4.78 is 5.85. The average Bonchev–Trinajstić information content (AvgIpc) is 2.58. The second-order valence-corrected chi connectivity index (χ2v) is 7.52. The zero-order chi connectivity index (χ0) is 17.8. The summed E-state index contributed by atoms with van der Waals surface area (Å²) in [5.74, 6) is 0.0192. The first-order chi connectivity index (χ1) is 11.3. The molecule has 1 aliphatic rings. The summed E-state index contributed by atoms with van der Waals surface area (Å²) in [6.07, 6.45) is 6.17. The Morgan fingerprint density at radius 2 is 1.92 bits per heavy atom. The van der Waals surface area contributed by atoms with Crippen molar-refractivity contribution in [1.82, 2.24) is 5.32 Å². The van der Waals surface area contributed by atoms with Gasteiger partial charge in [-0.05, 0) is 38.3 Å². The fourth-order valence-electron chi connectivity index (χ4n) is 3.59. The standard InChI is InChI=1S/C21H31NO2/c1-6-20(4)15-18(16(3)21(5,7-2)22-20)24-19(23)14-13-17-11-9-8-10-12-17/h8-14,16,18,22H,6-7,15H2,1-5H3/b14-13+. The quantitative estimate of drug-likeness (QED) is 0.635. The zero-order valence-corrected chi connectivity index (χ0v) is 15.6. The number of carbonyl (C=O) groups excluding carboxylic acids is 1. The van der Waals surface area contributed by atoms with Crippen LogP contribution in [0.25, 0.3) is 6.08 Å². The molecule has 0 aliphatic carbocycles. The number of hydrogen-bond acceptors (Lipinski definition) is 3. The predicted molar refractivity (Wildman–Crippen MR) is 99.7 cm³/mol. The van der Waals surface area contributed by atoms with Crippen LogP contribution in [-0.4, -0.2) is 23.2 Å². The summed E-state index contributed by atoms with van der Waals surface area (Å²) >= 11 is 0. The van der Waals surface area contributed by atoms with Crippen molar-refractivity contribution in [3.63, 3.8) is 0 Å². The average molecular weight is 329 g/mol. The molecule has 1 saturated heterocycles. The monoisotopic (exact) mass is 329 g/mol. The SMILES string of the molecule is CCC1(C)CC(OC(=O)/C=C/c2ccccc2)C(C)C(C)(CC)N1. The van der Waals surface area contributed by atoms with E-state index in [9.17, 15) is 4.79 Å². The van der Waals surface area contributed by atoms with E-state index in [2.05, 4.69) is 39.9 Å². The first-order valence-corrected chi connectivity index (χ1v) is 9.05. The molecular formula is C21H31NO2. The Morgan fingerprint density at radius 3 is 2.50 bits per heavy atom. The van der Waals surface area contributed by atoms with Crippen LogP contribution in [0.1, 0.15) is 59.4 Å². The Morgan fingerprint density at radius 1 is 1.25 bits per heavy atom. The summed E-state index contributed by atoms with van der Waals surface area (Å²) in [6.45, 7) is 11.0. The van der Waals surface area contributed by atoms with Crippen molar-refractivity contribution < 1.29 is 9.53 Å². The predicted octanol–water partition coefficient (Wildman–Crippen LogP) is 4.58. The molecule has 3 heteroatoms. The third-order valence-corrected chi connectivity index (χ3v) is 5.80. The molecule has 4 unspecified atom stereocenters. The number of esters is 1. The lowest BCUT2D eigenvalue weighted by Crippen LogP contribution is -2.66. The van der Waals surface area contributed by atoms with E-state index in [-0.39, 0.29) is 29.1 Å². The molecule has 24 heavy (non-hydrogen) atoms. The molecule has 1 heterocycles. The molecule has 1 aliphatic heterocycles. The minimum atomic E-state index is -0.255. The zero-order valence-electron chi connectivity index (χ0n) is 15.6. The number of piperidine rings is 1. The first-order valence-electron chi connectivity index (χ1n) is 9.05. The number of nitrogens with one attached hydrogen (secondary N) is 1. The van der Waals surface area contributed by atoms with E-state index in [0.717, 1.165) is 24.8 Å². The van der Waals surface area contributed by atoms with E-state index < -0.39 is 0 Å². The first kappa shape index (κ1) is 18.7. The second kappa shape index (κ2) is 7.52. The Hall–Kier alpha value is -1.61. The fraction of sp³-hybridized carbons (Fsp3) is 0.571. The molecule has 1 aromatic rings. The van der Waals surface area contributed by atoms with Crippen molar-refractivity contribution in [2.24, 2.45) is 5.92 Å². The van der Waals surface area contributed by atoms with Gasteiger partial charge in [0.25, 0.3) is 0 Å². The van der Waals surface area contributed by atoms with Crippen molar-refractivity contribution >= 4 is 12.0 Å². The van der Waals surface area contributed by atoms with E-state index in [4.69, 9.17) is 4.74 Å². The third-order valence-electron chi connectivity index (χ3n) is 5.80. The molecule has 1 fully saturated rings. The molecule has 4 atom stereocenters. The van der Waals surface area contributed by atoms with Gasteiger partial charge in [0.2, 0.25) is 0 Å². The fourth-order valence-corrected chi connectivity index (χ4v) is 3.59. The van der Waals surface area contributed by atoms with Crippen LogP contribution in [0.4, 0.5) is 0 Å². The maximum absolute atomic E-state index is 12.3. The second-order valence-electron chi connectivity index (χ2n) is 7.52. The van der Waals surface area contributed by atoms with Gasteiger partial charge in [0, 0.05) is 29.5 Å². The van der Waals surface area contributed by atoms with Crippen LogP contribution in [0.15, 0.2) is 36.4 Å². The van der Waals surface area contributed by atoms with Gasteiger partial charge in [0.15, 0.2) is 0 Å². The van der Waals surface area contributed by atoms with E-state index >= 15 is 0 Å². The number of rotatable bonds is 5. The number of carbonyl (C=O) groups is 1. The van der Waals surface area contributed by atoms with Gasteiger partial charge in [0.1, 0.15) is 6.10 Å². The van der Waals surface area contributed by atoms with E-state index in [1.807, 2.05) is 36.4 Å². The molecule has 0 spiro atoms. The summed E-state index contributed by atoms with van der Waals surface area (Å²) in [5.41, 5.74) is 0.993. The molecule has 0 aromatic heterocycles. The Labute approximate surface area is 146 Å². The molecule has 132 valence electrons. The highest BCUT2D eigenvalue weighted by Crippen LogP contribution is 2.38. The molecule has 0 amide bonds.